The van der Waals surface area contributed by atoms with Crippen molar-refractivity contribution in [2.24, 2.45) is 0 Å². The first-order chi connectivity index (χ1) is 17.2. The van der Waals surface area contributed by atoms with E-state index in [0.29, 0.717) is 0 Å². The molecule has 7 heteroatoms. The van der Waals surface area contributed by atoms with Gasteiger partial charge in [-0.25, -0.2) is 19.3 Å². The molecule has 0 spiro atoms. The zero-order valence-corrected chi connectivity index (χ0v) is 21.6. The molecule has 186 valence electrons. The van der Waals surface area contributed by atoms with Gasteiger partial charge in [0.05, 0.1) is 11.4 Å². The number of benzene rings is 1. The van der Waals surface area contributed by atoms with Crippen molar-refractivity contribution in [1.82, 2.24) is 15.0 Å². The zero-order chi connectivity index (χ0) is 25.9. The first-order valence-corrected chi connectivity index (χ1v) is 12.3. The van der Waals surface area contributed by atoms with E-state index in [9.17, 15) is 9.18 Å². The van der Waals surface area contributed by atoms with Crippen molar-refractivity contribution in [2.45, 2.75) is 59.3 Å². The first kappa shape index (κ1) is 25.3. The predicted octanol–water partition coefficient (Wildman–Crippen LogP) is 5.90. The maximum atomic E-state index is 14.9. The minimum Gasteiger partial charge on any atom is -0.369 e. The van der Waals surface area contributed by atoms with Gasteiger partial charge in [-0.05, 0) is 74.4 Å². The number of carbonyl (C=O) groups excluding carboxylic acids is 1. The van der Waals surface area contributed by atoms with E-state index in [2.05, 4.69) is 43.1 Å². The predicted molar refractivity (Wildman–Crippen MR) is 142 cm³/mol. The van der Waals surface area contributed by atoms with Gasteiger partial charge in [-0.15, -0.1) is 0 Å². The molecule has 1 fully saturated rings. The standard InChI is InChI=1S/C29H32FN5O/c1-6-10-23-26(35-11-8-7-9-12-35)14-20(17-31-23)21-15-24(22(30)13-19(21)2)34-28(36)25-16-27(29(3,4)5)33-18-32-25/h13-18H,7-9,11-12H2,1-5H3,(H,34,36). The van der Waals surface area contributed by atoms with Crippen molar-refractivity contribution in [3.63, 3.8) is 0 Å². The number of carbonyl (C=O) groups is 1. The summed E-state index contributed by atoms with van der Waals surface area (Å²) in [7, 11) is 0. The van der Waals surface area contributed by atoms with Crippen molar-refractivity contribution < 1.29 is 9.18 Å². The Labute approximate surface area is 212 Å². The lowest BCUT2D eigenvalue weighted by Crippen LogP contribution is -2.30. The molecule has 1 aliphatic rings. The minimum absolute atomic E-state index is 0.0912. The van der Waals surface area contributed by atoms with Crippen LogP contribution in [0.25, 0.3) is 11.1 Å². The van der Waals surface area contributed by atoms with E-state index in [0.717, 1.165) is 59.7 Å². The smallest absolute Gasteiger partial charge is 0.274 e. The summed E-state index contributed by atoms with van der Waals surface area (Å²) in [6.45, 7) is 11.6. The summed E-state index contributed by atoms with van der Waals surface area (Å²) in [5.74, 6) is 5.07. The number of halogens is 1. The number of hydrogen-bond acceptors (Lipinski definition) is 5. The lowest BCUT2D eigenvalue weighted by molar-refractivity contribution is 0.102. The maximum Gasteiger partial charge on any atom is 0.274 e. The van der Waals surface area contributed by atoms with Crippen LogP contribution >= 0.6 is 0 Å². The number of anilines is 2. The summed E-state index contributed by atoms with van der Waals surface area (Å²) in [5, 5.41) is 2.69. The van der Waals surface area contributed by atoms with Crippen molar-refractivity contribution >= 4 is 17.3 Å². The monoisotopic (exact) mass is 485 g/mol. The van der Waals surface area contributed by atoms with Gasteiger partial charge in [0, 0.05) is 36.0 Å². The molecule has 0 saturated carbocycles. The largest absolute Gasteiger partial charge is 0.369 e. The zero-order valence-electron chi connectivity index (χ0n) is 21.6. The summed E-state index contributed by atoms with van der Waals surface area (Å²) in [5.41, 5.74) is 4.91. The number of pyridine rings is 1. The molecule has 0 aliphatic carbocycles. The number of nitrogens with zero attached hydrogens (tertiary/aromatic N) is 4. The summed E-state index contributed by atoms with van der Waals surface area (Å²) >= 11 is 0. The Morgan fingerprint density at radius 1 is 1.06 bits per heavy atom. The molecule has 0 bridgehead atoms. The average molecular weight is 486 g/mol. The molecule has 0 atom stereocenters. The highest BCUT2D eigenvalue weighted by Crippen LogP contribution is 2.33. The van der Waals surface area contributed by atoms with Crippen LogP contribution in [0.4, 0.5) is 15.8 Å². The lowest BCUT2D eigenvalue weighted by atomic mass is 9.91. The topological polar surface area (TPSA) is 71.0 Å². The van der Waals surface area contributed by atoms with E-state index < -0.39 is 11.7 Å². The SMILES string of the molecule is CC#Cc1ncc(-c2cc(NC(=O)c3cc(C(C)(C)C)ncn3)c(F)cc2C)cc1N1CCCCC1. The maximum absolute atomic E-state index is 14.9. The number of rotatable bonds is 4. The summed E-state index contributed by atoms with van der Waals surface area (Å²) < 4.78 is 14.9. The molecule has 4 rings (SSSR count). The number of nitrogens with one attached hydrogen (secondary N) is 1. The Balaban J connectivity index is 1.69. The molecule has 0 radical (unpaired) electrons. The Kier molecular flexibility index (Phi) is 7.35. The fourth-order valence-electron chi connectivity index (χ4n) is 4.35. The molecule has 0 unspecified atom stereocenters. The molecule has 3 aromatic rings. The van der Waals surface area contributed by atoms with Crippen LogP contribution in [-0.4, -0.2) is 33.9 Å². The number of amides is 1. The Bertz CT molecular complexity index is 1340. The molecule has 1 N–H and O–H groups in total. The molecule has 36 heavy (non-hydrogen) atoms. The van der Waals surface area contributed by atoms with Crippen molar-refractivity contribution in [1.29, 1.82) is 0 Å². The van der Waals surface area contributed by atoms with Gasteiger partial charge < -0.3 is 10.2 Å². The van der Waals surface area contributed by atoms with E-state index in [-0.39, 0.29) is 16.8 Å². The van der Waals surface area contributed by atoms with Gasteiger partial charge in [0.25, 0.3) is 5.91 Å². The molecule has 1 amide bonds. The van der Waals surface area contributed by atoms with Crippen LogP contribution in [0.5, 0.6) is 0 Å². The van der Waals surface area contributed by atoms with Crippen molar-refractivity contribution in [2.75, 3.05) is 23.3 Å². The number of aromatic nitrogens is 3. The molecule has 2 aromatic heterocycles. The number of hydrogen-bond donors (Lipinski definition) is 1. The molecular formula is C29H32FN5O. The third-order valence-corrected chi connectivity index (χ3v) is 6.35. The van der Waals surface area contributed by atoms with E-state index in [4.69, 9.17) is 0 Å². The van der Waals surface area contributed by atoms with E-state index in [1.807, 2.05) is 27.7 Å². The number of piperidine rings is 1. The molecule has 6 nitrogen and oxygen atoms in total. The molecule has 1 aliphatic heterocycles. The van der Waals surface area contributed by atoms with Gasteiger partial charge in [-0.2, -0.15) is 0 Å². The highest BCUT2D eigenvalue weighted by molar-refractivity contribution is 6.03. The number of aryl methyl sites for hydroxylation is 1. The van der Waals surface area contributed by atoms with Crippen molar-refractivity contribution in [3.8, 4) is 23.0 Å². The molecule has 3 heterocycles. The van der Waals surface area contributed by atoms with Gasteiger partial charge >= 0.3 is 0 Å². The van der Waals surface area contributed by atoms with E-state index in [1.54, 1.807) is 25.3 Å². The highest BCUT2D eigenvalue weighted by Gasteiger charge is 2.21. The average Bonchev–Trinajstić information content (AvgIpc) is 2.86. The summed E-state index contributed by atoms with van der Waals surface area (Å²) in [4.78, 5) is 28.3. The Morgan fingerprint density at radius 2 is 1.81 bits per heavy atom. The second-order valence-electron chi connectivity index (χ2n) is 10.2. The van der Waals surface area contributed by atoms with Crippen LogP contribution in [0.1, 0.15) is 74.4 Å². The minimum atomic E-state index is -0.507. The highest BCUT2D eigenvalue weighted by atomic mass is 19.1. The normalized spacial score (nSPS) is 13.7. The molecule has 1 saturated heterocycles. The van der Waals surface area contributed by atoms with E-state index >= 15 is 0 Å². The first-order valence-electron chi connectivity index (χ1n) is 12.3. The quantitative estimate of drug-likeness (QED) is 0.466. The van der Waals surface area contributed by atoms with Crippen molar-refractivity contribution in [3.05, 3.63) is 65.3 Å². The summed E-state index contributed by atoms with van der Waals surface area (Å²) in [6, 6.07) is 6.82. The van der Waals surface area contributed by atoms with E-state index in [1.165, 1.54) is 18.8 Å². The Morgan fingerprint density at radius 3 is 2.50 bits per heavy atom. The van der Waals surface area contributed by atoms with Crippen LogP contribution in [0.2, 0.25) is 0 Å². The third kappa shape index (κ3) is 5.54. The second kappa shape index (κ2) is 10.4. The molecular weight excluding hydrogens is 453 g/mol. The van der Waals surface area contributed by atoms with Crippen LogP contribution in [0.15, 0.2) is 36.8 Å². The van der Waals surface area contributed by atoms with Crippen LogP contribution in [0.3, 0.4) is 0 Å². The van der Waals surface area contributed by atoms with Crippen LogP contribution in [-0.2, 0) is 5.41 Å². The van der Waals surface area contributed by atoms with Gasteiger partial charge in [0.1, 0.15) is 23.5 Å². The van der Waals surface area contributed by atoms with Gasteiger partial charge in [0.2, 0.25) is 0 Å². The molecule has 1 aromatic carbocycles. The van der Waals surface area contributed by atoms with Gasteiger partial charge in [0.15, 0.2) is 0 Å². The van der Waals surface area contributed by atoms with Gasteiger partial charge in [-0.1, -0.05) is 26.7 Å². The fraction of sp³-hybridized carbons (Fsp3) is 0.379. The Hall–Kier alpha value is -3.79. The van der Waals surface area contributed by atoms with Crippen LogP contribution < -0.4 is 10.2 Å². The lowest BCUT2D eigenvalue weighted by Gasteiger charge is -2.29. The summed E-state index contributed by atoms with van der Waals surface area (Å²) in [6.07, 6.45) is 6.62. The van der Waals surface area contributed by atoms with Crippen LogP contribution in [0, 0.1) is 24.6 Å². The fourth-order valence-corrected chi connectivity index (χ4v) is 4.35. The second-order valence-corrected chi connectivity index (χ2v) is 10.2. The van der Waals surface area contributed by atoms with Gasteiger partial charge in [-0.3, -0.25) is 4.79 Å². The third-order valence-electron chi connectivity index (χ3n) is 6.35.